The van der Waals surface area contributed by atoms with Gasteiger partial charge in [0.1, 0.15) is 0 Å². The van der Waals surface area contributed by atoms with E-state index in [-0.39, 0.29) is 9.75 Å². The van der Waals surface area contributed by atoms with Crippen LogP contribution in [0.4, 0.5) is 35.1 Å². The first-order valence-electron chi connectivity index (χ1n) is 18.2. The van der Waals surface area contributed by atoms with Crippen molar-refractivity contribution >= 4 is 78.9 Å². The third-order valence-electron chi connectivity index (χ3n) is 10.6. The molecular formula is C46H28F8N2S4. The van der Waals surface area contributed by atoms with Crippen molar-refractivity contribution in [3.8, 4) is 43.4 Å². The first-order valence-corrected chi connectivity index (χ1v) is 22.4. The Morgan fingerprint density at radius 2 is 0.833 bits per heavy atom. The van der Waals surface area contributed by atoms with Gasteiger partial charge in [-0.15, -0.1) is 46.2 Å². The van der Waals surface area contributed by atoms with Crippen molar-refractivity contribution < 1.29 is 35.1 Å². The zero-order valence-corrected chi connectivity index (χ0v) is 34.5. The smallest absolute Gasteiger partial charge is 0.256 e. The Morgan fingerprint density at radius 1 is 0.450 bits per heavy atom. The normalized spacial score (nSPS) is 16.8. The van der Waals surface area contributed by atoms with Gasteiger partial charge in [0, 0.05) is 65.0 Å². The topological polar surface area (TPSA) is 25.8 Å². The number of halogens is 8. The van der Waals surface area contributed by atoms with Crippen molar-refractivity contribution in [2.24, 2.45) is 0 Å². The van der Waals surface area contributed by atoms with Crippen LogP contribution in [0.15, 0.2) is 142 Å². The lowest BCUT2D eigenvalue weighted by Gasteiger charge is -2.44. The molecule has 0 saturated heterocycles. The monoisotopic (exact) mass is 888 g/mol. The second-order valence-electron chi connectivity index (χ2n) is 14.1. The highest BCUT2D eigenvalue weighted by Crippen LogP contribution is 2.66. The Kier molecular flexibility index (Phi) is 10.0. The van der Waals surface area contributed by atoms with Crippen LogP contribution in [0, 0.1) is 0 Å². The van der Waals surface area contributed by atoms with Gasteiger partial charge in [-0.05, 0) is 105 Å². The van der Waals surface area contributed by atoms with Gasteiger partial charge in [0.05, 0.1) is 11.4 Å². The summed E-state index contributed by atoms with van der Waals surface area (Å²) in [5.41, 5.74) is -1.62. The fourth-order valence-electron chi connectivity index (χ4n) is 7.50. The molecule has 4 heterocycles. The molecule has 1 aliphatic carbocycles. The van der Waals surface area contributed by atoms with Gasteiger partial charge in [0.25, 0.3) is 0 Å². The molecule has 0 aliphatic heterocycles. The van der Waals surface area contributed by atoms with Gasteiger partial charge in [0.2, 0.25) is 0 Å². The largest absolute Gasteiger partial charge is 0.382 e. The highest BCUT2D eigenvalue weighted by molar-refractivity contribution is 7.99. The van der Waals surface area contributed by atoms with E-state index in [2.05, 4.69) is 9.97 Å². The fraction of sp³-hybridized carbons (Fsp3) is 0.130. The zero-order chi connectivity index (χ0) is 42.2. The Labute approximate surface area is 355 Å². The number of alkyl halides is 8. The molecule has 302 valence electrons. The summed E-state index contributed by atoms with van der Waals surface area (Å²) >= 11 is 4.57. The number of pyridine rings is 2. The predicted molar refractivity (Wildman–Crippen MR) is 231 cm³/mol. The molecule has 0 bridgehead atoms. The number of thioether (sulfide) groups is 2. The van der Waals surface area contributed by atoms with Crippen molar-refractivity contribution in [3.05, 3.63) is 143 Å². The first kappa shape index (κ1) is 40.4. The minimum atomic E-state index is -6.44. The molecule has 9 rings (SSSR count). The molecule has 1 aliphatic rings. The number of nitrogens with zero attached hydrogens (tertiary/aromatic N) is 2. The molecule has 4 aromatic heterocycles. The molecule has 4 aromatic carbocycles. The highest BCUT2D eigenvalue weighted by Gasteiger charge is 2.86. The van der Waals surface area contributed by atoms with Crippen LogP contribution >= 0.6 is 46.2 Å². The summed E-state index contributed by atoms with van der Waals surface area (Å²) in [4.78, 5) is 11.4. The van der Waals surface area contributed by atoms with Crippen molar-refractivity contribution in [1.29, 1.82) is 0 Å². The average molecular weight is 889 g/mol. The SMILES string of the molecule is CSc1ccc(-c2cc(C3=C(c4csc(-c5ccc(SC)c(-c6cc7ccccc7cn6)c5)c4)C(F)(F)C(F)(F)C(F)(F)C3(F)F)cs2)cc1-c1cc2ccccc2cn1. The van der Waals surface area contributed by atoms with Crippen LogP contribution < -0.4 is 0 Å². The molecule has 0 fully saturated rings. The number of hydrogen-bond donors (Lipinski definition) is 0. The van der Waals surface area contributed by atoms with Gasteiger partial charge in [-0.1, -0.05) is 60.7 Å². The molecule has 60 heavy (non-hydrogen) atoms. The van der Waals surface area contributed by atoms with Gasteiger partial charge in [0.15, 0.2) is 0 Å². The summed E-state index contributed by atoms with van der Waals surface area (Å²) in [6.07, 6.45) is 7.18. The number of hydrogen-bond acceptors (Lipinski definition) is 6. The average Bonchev–Trinajstić information content (AvgIpc) is 3.95. The number of benzene rings is 4. The Balaban J connectivity index is 1.17. The van der Waals surface area contributed by atoms with E-state index in [4.69, 9.17) is 0 Å². The standard InChI is InChI=1S/C46H28F8N2S4/c1-57-37-13-11-27(15-33(37)35-17-25-7-3-5-9-29(25)21-55-35)39-19-31(23-59-39)41-42(44(49,50)46(53,54)45(51,52)43(41,47)48)32-20-40(60-24-32)28-12-14-38(58-2)34(16-28)36-18-26-8-4-6-10-30(26)22-56-36/h3-24H,1-2H3. The zero-order valence-electron chi connectivity index (χ0n) is 31.3. The summed E-state index contributed by atoms with van der Waals surface area (Å²) in [5.74, 6) is -24.3. The van der Waals surface area contributed by atoms with Crippen molar-refractivity contribution in [1.82, 2.24) is 9.97 Å². The molecule has 8 aromatic rings. The fourth-order valence-corrected chi connectivity index (χ4v) is 10.5. The maximum Gasteiger partial charge on any atom is 0.382 e. The first-order chi connectivity index (χ1) is 28.7. The summed E-state index contributed by atoms with van der Waals surface area (Å²) in [7, 11) is 0. The number of fused-ring (bicyclic) bond motifs is 2. The van der Waals surface area contributed by atoms with Crippen LogP contribution in [0.25, 0.3) is 76.1 Å². The predicted octanol–water partition coefficient (Wildman–Crippen LogP) is 15.5. The lowest BCUT2D eigenvalue weighted by molar-refractivity contribution is -0.344. The third kappa shape index (κ3) is 6.36. The molecule has 14 heteroatoms. The van der Waals surface area contributed by atoms with E-state index < -0.39 is 46.0 Å². The van der Waals surface area contributed by atoms with E-state index >= 15 is 35.1 Å². The molecule has 0 spiro atoms. The van der Waals surface area contributed by atoms with E-state index in [0.29, 0.717) is 33.6 Å². The molecule has 0 atom stereocenters. The van der Waals surface area contributed by atoms with E-state index in [9.17, 15) is 0 Å². The number of thiophene rings is 2. The molecule has 0 unspecified atom stereocenters. The molecule has 0 radical (unpaired) electrons. The van der Waals surface area contributed by atoms with E-state index in [1.54, 1.807) is 48.8 Å². The number of aromatic nitrogens is 2. The van der Waals surface area contributed by atoms with Crippen LogP contribution in [-0.2, 0) is 0 Å². The summed E-state index contributed by atoms with van der Waals surface area (Å²) < 4.78 is 126. The minimum Gasteiger partial charge on any atom is -0.256 e. The van der Waals surface area contributed by atoms with Crippen molar-refractivity contribution in [2.45, 2.75) is 33.5 Å². The van der Waals surface area contributed by atoms with Gasteiger partial charge in [-0.25, -0.2) is 0 Å². The summed E-state index contributed by atoms with van der Waals surface area (Å²) in [6.45, 7) is 0. The Bertz CT molecular complexity index is 2810. The van der Waals surface area contributed by atoms with Gasteiger partial charge in [-0.3, -0.25) is 9.97 Å². The second kappa shape index (κ2) is 14.9. The molecule has 0 saturated carbocycles. The van der Waals surface area contributed by atoms with Crippen LogP contribution in [0.1, 0.15) is 11.1 Å². The lowest BCUT2D eigenvalue weighted by atomic mass is 9.75. The Morgan fingerprint density at radius 3 is 1.22 bits per heavy atom. The highest BCUT2D eigenvalue weighted by atomic mass is 32.2. The molecule has 0 amide bonds. The summed E-state index contributed by atoms with van der Waals surface area (Å²) in [5, 5.41) is 5.73. The van der Waals surface area contributed by atoms with Crippen LogP contribution in [0.2, 0.25) is 0 Å². The van der Waals surface area contributed by atoms with Gasteiger partial charge < -0.3 is 0 Å². The molecular weight excluding hydrogens is 861 g/mol. The van der Waals surface area contributed by atoms with Gasteiger partial charge in [-0.2, -0.15) is 35.1 Å². The van der Waals surface area contributed by atoms with Crippen molar-refractivity contribution in [2.75, 3.05) is 12.5 Å². The molecule has 2 nitrogen and oxygen atoms in total. The van der Waals surface area contributed by atoms with E-state index in [1.807, 2.05) is 73.2 Å². The summed E-state index contributed by atoms with van der Waals surface area (Å²) in [6, 6.07) is 31.6. The minimum absolute atomic E-state index is 0.265. The van der Waals surface area contributed by atoms with E-state index in [0.717, 1.165) is 76.9 Å². The van der Waals surface area contributed by atoms with Crippen LogP contribution in [0.3, 0.4) is 0 Å². The maximum absolute atomic E-state index is 16.2. The van der Waals surface area contributed by atoms with Crippen LogP contribution in [0.5, 0.6) is 0 Å². The Hall–Kier alpha value is -5.02. The van der Waals surface area contributed by atoms with Crippen molar-refractivity contribution in [3.63, 3.8) is 0 Å². The maximum atomic E-state index is 16.2. The lowest BCUT2D eigenvalue weighted by Crippen LogP contribution is -2.66. The number of rotatable bonds is 8. The van der Waals surface area contributed by atoms with Gasteiger partial charge >= 0.3 is 23.7 Å². The van der Waals surface area contributed by atoms with E-state index in [1.165, 1.54) is 23.5 Å². The quantitative estimate of drug-likeness (QED) is 0.112. The second-order valence-corrected chi connectivity index (χ2v) is 17.6. The third-order valence-corrected chi connectivity index (χ3v) is 14.2. The molecule has 0 N–H and O–H groups in total. The van der Waals surface area contributed by atoms with Crippen LogP contribution in [-0.4, -0.2) is 46.2 Å². The number of allylic oxidation sites excluding steroid dienone is 2.